The zero-order valence-electron chi connectivity index (χ0n) is 15.1. The molecule has 3 aromatic rings. The smallest absolute Gasteiger partial charge is 0.267 e. The van der Waals surface area contributed by atoms with Crippen LogP contribution in [0, 0.1) is 0 Å². The standard InChI is InChI=1S/C21H20N4O2/c1-15(21(27)24-13-10-16-4-2-3-5-18(16)14-24)25-20(26)7-6-19(23-25)17-8-11-22-12-9-17/h2-9,11-12,15H,10,13-14H2,1H3. The molecular formula is C21H20N4O2. The highest BCUT2D eigenvalue weighted by atomic mass is 16.2. The summed E-state index contributed by atoms with van der Waals surface area (Å²) in [5, 5.41) is 4.43. The van der Waals surface area contributed by atoms with Crippen LogP contribution < -0.4 is 5.56 Å². The van der Waals surface area contributed by atoms with Gasteiger partial charge in [-0.1, -0.05) is 24.3 Å². The molecule has 0 aliphatic carbocycles. The zero-order valence-corrected chi connectivity index (χ0v) is 15.1. The van der Waals surface area contributed by atoms with Gasteiger partial charge in [0, 0.05) is 37.1 Å². The Morgan fingerprint density at radius 1 is 1.04 bits per heavy atom. The number of rotatable bonds is 3. The van der Waals surface area contributed by atoms with Gasteiger partial charge in [0.05, 0.1) is 5.69 Å². The summed E-state index contributed by atoms with van der Waals surface area (Å²) in [6, 6.07) is 14.3. The molecule has 1 aliphatic rings. The number of fused-ring (bicyclic) bond motifs is 1. The van der Waals surface area contributed by atoms with Crippen LogP contribution in [0.4, 0.5) is 0 Å². The molecule has 0 fully saturated rings. The maximum atomic E-state index is 13.0. The summed E-state index contributed by atoms with van der Waals surface area (Å²) in [5.41, 5.74) is 3.65. The van der Waals surface area contributed by atoms with Crippen LogP contribution in [-0.4, -0.2) is 32.1 Å². The molecule has 27 heavy (non-hydrogen) atoms. The summed E-state index contributed by atoms with van der Waals surface area (Å²) in [7, 11) is 0. The van der Waals surface area contributed by atoms with Crippen LogP contribution in [0.2, 0.25) is 0 Å². The predicted octanol–water partition coefficient (Wildman–Crippen LogP) is 2.45. The largest absolute Gasteiger partial charge is 0.336 e. The Kier molecular flexibility index (Phi) is 4.54. The molecule has 1 aromatic carbocycles. The topological polar surface area (TPSA) is 68.1 Å². The zero-order chi connectivity index (χ0) is 18.8. The van der Waals surface area contributed by atoms with Crippen molar-refractivity contribution in [3.8, 4) is 11.3 Å². The maximum absolute atomic E-state index is 13.0. The van der Waals surface area contributed by atoms with Gasteiger partial charge in [0.25, 0.3) is 5.56 Å². The summed E-state index contributed by atoms with van der Waals surface area (Å²) in [6.07, 6.45) is 4.17. The third-order valence-electron chi connectivity index (χ3n) is 4.97. The number of nitrogens with zero attached hydrogens (tertiary/aromatic N) is 4. The molecule has 0 saturated heterocycles. The quantitative estimate of drug-likeness (QED) is 0.719. The molecule has 0 radical (unpaired) electrons. The van der Waals surface area contributed by atoms with Crippen molar-refractivity contribution in [2.75, 3.05) is 6.54 Å². The van der Waals surface area contributed by atoms with Crippen molar-refractivity contribution in [3.05, 3.63) is 82.4 Å². The number of benzene rings is 1. The molecule has 4 rings (SSSR count). The molecule has 6 nitrogen and oxygen atoms in total. The monoisotopic (exact) mass is 360 g/mol. The molecule has 136 valence electrons. The van der Waals surface area contributed by atoms with E-state index in [0.717, 1.165) is 17.5 Å². The number of pyridine rings is 1. The number of carbonyl (C=O) groups is 1. The van der Waals surface area contributed by atoms with Gasteiger partial charge in [-0.2, -0.15) is 5.10 Å². The number of hydrogen-bond donors (Lipinski definition) is 0. The van der Waals surface area contributed by atoms with Crippen LogP contribution in [0.3, 0.4) is 0 Å². The van der Waals surface area contributed by atoms with Gasteiger partial charge in [-0.3, -0.25) is 14.6 Å². The lowest BCUT2D eigenvalue weighted by molar-refractivity contribution is -0.135. The third-order valence-corrected chi connectivity index (χ3v) is 4.97. The molecule has 0 N–H and O–H groups in total. The third kappa shape index (κ3) is 3.38. The molecule has 0 spiro atoms. The van der Waals surface area contributed by atoms with E-state index in [-0.39, 0.29) is 11.5 Å². The average Bonchev–Trinajstić information content (AvgIpc) is 2.73. The molecule has 1 unspecified atom stereocenters. The molecule has 1 aliphatic heterocycles. The molecule has 1 amide bonds. The van der Waals surface area contributed by atoms with Gasteiger partial charge in [-0.05, 0) is 42.7 Å². The number of hydrogen-bond acceptors (Lipinski definition) is 4. The first-order chi connectivity index (χ1) is 13.1. The van der Waals surface area contributed by atoms with E-state index in [4.69, 9.17) is 0 Å². The minimum atomic E-state index is -0.662. The Bertz CT molecular complexity index is 1030. The van der Waals surface area contributed by atoms with E-state index in [9.17, 15) is 9.59 Å². The fraction of sp³-hybridized carbons (Fsp3) is 0.238. The SMILES string of the molecule is CC(C(=O)N1CCc2ccccc2C1)n1nc(-c2ccncc2)ccc1=O. The van der Waals surface area contributed by atoms with Crippen molar-refractivity contribution in [3.63, 3.8) is 0 Å². The van der Waals surface area contributed by atoms with E-state index in [1.165, 1.54) is 16.3 Å². The Hall–Kier alpha value is -3.28. The highest BCUT2D eigenvalue weighted by Gasteiger charge is 2.26. The van der Waals surface area contributed by atoms with Gasteiger partial charge in [0.1, 0.15) is 6.04 Å². The first kappa shape index (κ1) is 17.1. The van der Waals surface area contributed by atoms with E-state index < -0.39 is 6.04 Å². The van der Waals surface area contributed by atoms with E-state index >= 15 is 0 Å². The fourth-order valence-corrected chi connectivity index (χ4v) is 3.43. The van der Waals surface area contributed by atoms with Crippen LogP contribution in [-0.2, 0) is 17.8 Å². The highest BCUT2D eigenvalue weighted by molar-refractivity contribution is 5.80. The maximum Gasteiger partial charge on any atom is 0.267 e. The van der Waals surface area contributed by atoms with Crippen molar-refractivity contribution in [1.29, 1.82) is 0 Å². The lowest BCUT2D eigenvalue weighted by Crippen LogP contribution is -2.42. The van der Waals surface area contributed by atoms with Gasteiger partial charge in [0.2, 0.25) is 5.91 Å². The normalized spacial score (nSPS) is 14.5. The van der Waals surface area contributed by atoms with E-state index in [1.54, 1.807) is 30.3 Å². The van der Waals surface area contributed by atoms with E-state index in [2.05, 4.69) is 16.1 Å². The van der Waals surface area contributed by atoms with Crippen molar-refractivity contribution in [2.45, 2.75) is 25.9 Å². The Labute approximate surface area is 157 Å². The molecule has 1 atom stereocenters. The van der Waals surface area contributed by atoms with Crippen LogP contribution >= 0.6 is 0 Å². The molecule has 0 saturated carbocycles. The van der Waals surface area contributed by atoms with Gasteiger partial charge >= 0.3 is 0 Å². The Morgan fingerprint density at radius 3 is 2.56 bits per heavy atom. The van der Waals surface area contributed by atoms with E-state index in [1.807, 2.05) is 30.3 Å². The minimum absolute atomic E-state index is 0.0917. The first-order valence-electron chi connectivity index (χ1n) is 8.99. The predicted molar refractivity (Wildman–Crippen MR) is 102 cm³/mol. The van der Waals surface area contributed by atoms with Crippen molar-refractivity contribution in [2.24, 2.45) is 0 Å². The second kappa shape index (κ2) is 7.15. The number of amides is 1. The van der Waals surface area contributed by atoms with E-state index in [0.29, 0.717) is 18.8 Å². The van der Waals surface area contributed by atoms with Gasteiger partial charge in [-0.25, -0.2) is 4.68 Å². The van der Waals surface area contributed by atoms with Crippen molar-refractivity contribution >= 4 is 5.91 Å². The van der Waals surface area contributed by atoms with Crippen molar-refractivity contribution < 1.29 is 4.79 Å². The van der Waals surface area contributed by atoms with Gasteiger partial charge in [-0.15, -0.1) is 0 Å². The summed E-state index contributed by atoms with van der Waals surface area (Å²) in [5.74, 6) is -0.0917. The second-order valence-corrected chi connectivity index (χ2v) is 6.69. The second-order valence-electron chi connectivity index (χ2n) is 6.69. The van der Waals surface area contributed by atoms with Gasteiger partial charge < -0.3 is 4.90 Å². The number of carbonyl (C=O) groups excluding carboxylic acids is 1. The minimum Gasteiger partial charge on any atom is -0.336 e. The van der Waals surface area contributed by atoms with Crippen LogP contribution in [0.5, 0.6) is 0 Å². The molecule has 0 bridgehead atoms. The summed E-state index contributed by atoms with van der Waals surface area (Å²) in [6.45, 7) is 2.95. The first-order valence-corrected chi connectivity index (χ1v) is 8.99. The van der Waals surface area contributed by atoms with Crippen molar-refractivity contribution in [1.82, 2.24) is 19.7 Å². The molecular weight excluding hydrogens is 340 g/mol. The molecule has 3 heterocycles. The van der Waals surface area contributed by atoms with Crippen LogP contribution in [0.25, 0.3) is 11.3 Å². The van der Waals surface area contributed by atoms with Crippen LogP contribution in [0.15, 0.2) is 65.7 Å². The van der Waals surface area contributed by atoms with Crippen LogP contribution in [0.1, 0.15) is 24.1 Å². The summed E-state index contributed by atoms with van der Waals surface area (Å²) < 4.78 is 1.28. The lowest BCUT2D eigenvalue weighted by Gasteiger charge is -2.31. The summed E-state index contributed by atoms with van der Waals surface area (Å²) in [4.78, 5) is 31.2. The molecule has 6 heteroatoms. The Balaban J connectivity index is 1.60. The molecule has 2 aromatic heterocycles. The lowest BCUT2D eigenvalue weighted by atomic mass is 9.99. The highest BCUT2D eigenvalue weighted by Crippen LogP contribution is 2.21. The summed E-state index contributed by atoms with van der Waals surface area (Å²) >= 11 is 0. The average molecular weight is 360 g/mol. The van der Waals surface area contributed by atoms with Gasteiger partial charge in [0.15, 0.2) is 0 Å². The fourth-order valence-electron chi connectivity index (χ4n) is 3.43. The number of aromatic nitrogens is 3. The Morgan fingerprint density at radius 2 is 1.78 bits per heavy atom.